The maximum Gasteiger partial charge on any atom is 0.255 e. The molecule has 0 fully saturated rings. The summed E-state index contributed by atoms with van der Waals surface area (Å²) in [6.45, 7) is 2.10. The molecule has 1 aromatic carbocycles. The molecule has 5 rings (SSSR count). The molecule has 0 unspecified atom stereocenters. The zero-order valence-corrected chi connectivity index (χ0v) is 15.7. The lowest BCUT2D eigenvalue weighted by atomic mass is 10.0. The van der Waals surface area contributed by atoms with E-state index >= 15 is 0 Å². The van der Waals surface area contributed by atoms with E-state index in [4.69, 9.17) is 0 Å². The molecule has 1 aliphatic heterocycles. The van der Waals surface area contributed by atoms with Crippen LogP contribution in [0, 0.1) is 0 Å². The minimum atomic E-state index is -0.103. The van der Waals surface area contributed by atoms with E-state index in [2.05, 4.69) is 47.2 Å². The van der Waals surface area contributed by atoms with Gasteiger partial charge in [0.25, 0.3) is 5.56 Å². The molecule has 8 nitrogen and oxygen atoms in total. The fourth-order valence-electron chi connectivity index (χ4n) is 3.70. The van der Waals surface area contributed by atoms with Crippen LogP contribution in [0.5, 0.6) is 0 Å². The summed E-state index contributed by atoms with van der Waals surface area (Å²) in [5.74, 6) is 0.518. The highest BCUT2D eigenvalue weighted by atomic mass is 16.1. The summed E-state index contributed by atoms with van der Waals surface area (Å²) in [6.07, 6.45) is 7.34. The molecule has 0 amide bonds. The van der Waals surface area contributed by atoms with Crippen LogP contribution in [0.15, 0.2) is 60.0 Å². The highest BCUT2D eigenvalue weighted by Crippen LogP contribution is 2.24. The van der Waals surface area contributed by atoms with Crippen LogP contribution in [-0.4, -0.2) is 41.6 Å². The van der Waals surface area contributed by atoms with Crippen molar-refractivity contribution >= 4 is 0 Å². The zero-order chi connectivity index (χ0) is 19.6. The van der Waals surface area contributed by atoms with E-state index in [1.807, 2.05) is 24.4 Å². The Kier molecular flexibility index (Phi) is 4.45. The summed E-state index contributed by atoms with van der Waals surface area (Å²) >= 11 is 0. The number of nitrogens with zero attached hydrogens (tertiary/aromatic N) is 5. The van der Waals surface area contributed by atoms with E-state index in [9.17, 15) is 4.79 Å². The quantitative estimate of drug-likeness (QED) is 0.558. The molecule has 144 valence electrons. The molecule has 0 atom stereocenters. The average Bonchev–Trinajstić information content (AvgIpc) is 3.23. The highest BCUT2D eigenvalue weighted by Gasteiger charge is 2.23. The Morgan fingerprint density at radius 3 is 2.69 bits per heavy atom. The fourth-order valence-corrected chi connectivity index (χ4v) is 3.70. The van der Waals surface area contributed by atoms with Crippen LogP contribution >= 0.6 is 0 Å². The van der Waals surface area contributed by atoms with Crippen molar-refractivity contribution in [1.29, 1.82) is 0 Å². The molecular weight excluding hydrogens is 366 g/mol. The lowest BCUT2D eigenvalue weighted by Crippen LogP contribution is -2.35. The molecule has 1 aliphatic rings. The Balaban J connectivity index is 1.39. The number of rotatable bonds is 4. The summed E-state index contributed by atoms with van der Waals surface area (Å²) in [5.41, 5.74) is 5.41. The maximum absolute atomic E-state index is 12.7. The Bertz CT molecular complexity index is 1180. The molecule has 2 N–H and O–H groups in total. The molecule has 0 aliphatic carbocycles. The predicted molar refractivity (Wildman–Crippen MR) is 108 cm³/mol. The fraction of sp³-hybridized carbons (Fsp3) is 0.190. The van der Waals surface area contributed by atoms with Crippen molar-refractivity contribution in [3.63, 3.8) is 0 Å². The van der Waals surface area contributed by atoms with Crippen LogP contribution in [0.1, 0.15) is 16.8 Å². The van der Waals surface area contributed by atoms with Crippen LogP contribution in [0.2, 0.25) is 0 Å². The van der Waals surface area contributed by atoms with E-state index in [1.165, 1.54) is 6.33 Å². The first-order valence-corrected chi connectivity index (χ1v) is 9.45. The standard InChI is InChI=1S/C21H19N7O/c29-21-17-12-28(11-16-10-24-27-19(16)14-4-2-1-3-5-14)7-6-18(17)25-20(26-21)15-8-22-13-23-9-15/h1-5,8-10,13H,6-7,11-12H2,(H,24,27)(H,25,26,29). The van der Waals surface area contributed by atoms with Gasteiger partial charge >= 0.3 is 0 Å². The topological polar surface area (TPSA) is 103 Å². The Morgan fingerprint density at radius 2 is 1.86 bits per heavy atom. The number of nitrogens with one attached hydrogen (secondary N) is 2. The number of aromatic amines is 2. The third-order valence-electron chi connectivity index (χ3n) is 5.16. The third kappa shape index (κ3) is 3.45. The van der Waals surface area contributed by atoms with Crippen molar-refractivity contribution in [2.75, 3.05) is 6.54 Å². The summed E-state index contributed by atoms with van der Waals surface area (Å²) in [5, 5.41) is 7.33. The Morgan fingerprint density at radius 1 is 1.03 bits per heavy atom. The van der Waals surface area contributed by atoms with E-state index < -0.39 is 0 Å². The average molecular weight is 385 g/mol. The van der Waals surface area contributed by atoms with Gasteiger partial charge in [-0.25, -0.2) is 15.0 Å². The molecule has 0 spiro atoms. The lowest BCUT2D eigenvalue weighted by molar-refractivity contribution is 0.242. The molecule has 4 aromatic rings. The highest BCUT2D eigenvalue weighted by molar-refractivity contribution is 5.62. The smallest absolute Gasteiger partial charge is 0.255 e. The minimum absolute atomic E-state index is 0.103. The molecule has 0 saturated heterocycles. The van der Waals surface area contributed by atoms with Crippen LogP contribution < -0.4 is 5.56 Å². The lowest BCUT2D eigenvalue weighted by Gasteiger charge is -2.27. The summed E-state index contributed by atoms with van der Waals surface area (Å²) < 4.78 is 0. The van der Waals surface area contributed by atoms with E-state index in [0.29, 0.717) is 24.5 Å². The van der Waals surface area contributed by atoms with Gasteiger partial charge in [-0.1, -0.05) is 30.3 Å². The maximum atomic E-state index is 12.7. The van der Waals surface area contributed by atoms with Gasteiger partial charge in [0.05, 0.1) is 28.7 Å². The summed E-state index contributed by atoms with van der Waals surface area (Å²) in [6, 6.07) is 10.1. The normalized spacial score (nSPS) is 13.9. The summed E-state index contributed by atoms with van der Waals surface area (Å²) in [4.78, 5) is 30.5. The molecule has 0 bridgehead atoms. The van der Waals surface area contributed by atoms with Gasteiger partial charge in [-0.05, 0) is 5.56 Å². The SMILES string of the molecule is O=c1[nH]c(-c2cncnc2)nc2c1CN(Cc1cn[nH]c1-c1ccccc1)CC2. The Hall–Kier alpha value is -3.65. The monoisotopic (exact) mass is 385 g/mol. The Labute approximate surface area is 166 Å². The first kappa shape index (κ1) is 17.4. The number of aromatic nitrogens is 6. The molecule has 3 aromatic heterocycles. The van der Waals surface area contributed by atoms with E-state index in [1.54, 1.807) is 12.4 Å². The number of H-pyrrole nitrogens is 2. The van der Waals surface area contributed by atoms with Gasteiger partial charge in [0.2, 0.25) is 0 Å². The van der Waals surface area contributed by atoms with Crippen LogP contribution in [0.25, 0.3) is 22.6 Å². The van der Waals surface area contributed by atoms with Crippen molar-refractivity contribution in [2.45, 2.75) is 19.5 Å². The second-order valence-corrected chi connectivity index (χ2v) is 7.06. The second-order valence-electron chi connectivity index (χ2n) is 7.06. The molecule has 0 saturated carbocycles. The molecule has 4 heterocycles. The van der Waals surface area contributed by atoms with Gasteiger partial charge in [-0.2, -0.15) is 5.10 Å². The van der Waals surface area contributed by atoms with Crippen molar-refractivity contribution in [1.82, 2.24) is 35.0 Å². The molecule has 29 heavy (non-hydrogen) atoms. The third-order valence-corrected chi connectivity index (χ3v) is 5.16. The molecule has 8 heteroatoms. The van der Waals surface area contributed by atoms with Crippen molar-refractivity contribution in [2.24, 2.45) is 0 Å². The zero-order valence-electron chi connectivity index (χ0n) is 15.7. The first-order valence-electron chi connectivity index (χ1n) is 9.45. The number of benzene rings is 1. The van der Waals surface area contributed by atoms with E-state index in [0.717, 1.165) is 41.0 Å². The van der Waals surface area contributed by atoms with Crippen LogP contribution in [-0.2, 0) is 19.5 Å². The number of hydrogen-bond acceptors (Lipinski definition) is 6. The van der Waals surface area contributed by atoms with Gasteiger partial charge < -0.3 is 4.98 Å². The van der Waals surface area contributed by atoms with Crippen molar-refractivity contribution < 1.29 is 0 Å². The molecular formula is C21H19N7O. The molecule has 0 radical (unpaired) electrons. The van der Waals surface area contributed by atoms with Crippen LogP contribution in [0.4, 0.5) is 0 Å². The second kappa shape index (κ2) is 7.40. The number of hydrogen-bond donors (Lipinski definition) is 2. The van der Waals surface area contributed by atoms with Crippen molar-refractivity contribution in [3.05, 3.63) is 82.4 Å². The largest absolute Gasteiger partial charge is 0.306 e. The first-order chi connectivity index (χ1) is 14.3. The van der Waals surface area contributed by atoms with E-state index in [-0.39, 0.29) is 5.56 Å². The van der Waals surface area contributed by atoms with Gasteiger partial charge in [0, 0.05) is 44.0 Å². The van der Waals surface area contributed by atoms with Gasteiger partial charge in [0.15, 0.2) is 0 Å². The van der Waals surface area contributed by atoms with Gasteiger partial charge in [0.1, 0.15) is 12.2 Å². The van der Waals surface area contributed by atoms with Gasteiger partial charge in [-0.3, -0.25) is 14.8 Å². The predicted octanol–water partition coefficient (Wildman–Crippen LogP) is 2.18. The minimum Gasteiger partial charge on any atom is -0.306 e. The summed E-state index contributed by atoms with van der Waals surface area (Å²) in [7, 11) is 0. The van der Waals surface area contributed by atoms with Gasteiger partial charge in [-0.15, -0.1) is 0 Å². The van der Waals surface area contributed by atoms with Crippen molar-refractivity contribution in [3.8, 4) is 22.6 Å². The van der Waals surface area contributed by atoms with Crippen LogP contribution in [0.3, 0.4) is 0 Å². The number of fused-ring (bicyclic) bond motifs is 1.